The Labute approximate surface area is 282 Å². The average Bonchev–Trinajstić information content (AvgIpc) is 3.31. The van der Waals surface area contributed by atoms with Crippen LogP contribution in [0.25, 0.3) is 11.0 Å². The fourth-order valence-corrected chi connectivity index (χ4v) is 6.49. The Kier molecular flexibility index (Phi) is 12.1. The second kappa shape index (κ2) is 16.7. The number of para-hydroxylation sites is 2. The van der Waals surface area contributed by atoms with Crippen LogP contribution < -0.4 is 19.1 Å². The van der Waals surface area contributed by atoms with E-state index in [1.165, 1.54) is 33.5 Å². The average molecular weight is 662 g/mol. The number of hydrogen-bond acceptors (Lipinski definition) is 8. The van der Waals surface area contributed by atoms with E-state index in [-0.39, 0.29) is 17.6 Å². The fraction of sp³-hybridized carbons (Fsp3) is 0.459. The zero-order valence-electron chi connectivity index (χ0n) is 28.8. The molecule has 258 valence electrons. The molecule has 0 aliphatic carbocycles. The van der Waals surface area contributed by atoms with Gasteiger partial charge in [0.2, 0.25) is 11.7 Å². The number of carbonyl (C=O) groups excluding carboxylic acids is 1. The van der Waals surface area contributed by atoms with Crippen LogP contribution in [0.3, 0.4) is 0 Å². The summed E-state index contributed by atoms with van der Waals surface area (Å²) in [4.78, 5) is 25.3. The van der Waals surface area contributed by atoms with E-state index < -0.39 is 0 Å². The lowest BCUT2D eigenvalue weighted by atomic mass is 9.94. The molecule has 0 saturated carbocycles. The van der Waals surface area contributed by atoms with Crippen LogP contribution in [0.2, 0.25) is 0 Å². The van der Waals surface area contributed by atoms with E-state index in [0.29, 0.717) is 42.6 Å². The maximum Gasteiger partial charge on any atom is 0.253 e. The Balaban J connectivity index is 1.28. The lowest BCUT2D eigenvalue weighted by Gasteiger charge is -2.28. The second-order valence-electron chi connectivity index (χ2n) is 12.1. The lowest BCUT2D eigenvalue weighted by Crippen LogP contribution is -2.35. The van der Waals surface area contributed by atoms with Gasteiger partial charge in [0.25, 0.3) is 5.91 Å². The van der Waals surface area contributed by atoms with Gasteiger partial charge in [0.1, 0.15) is 5.82 Å². The predicted octanol–water partition coefficient (Wildman–Crippen LogP) is 5.70. The summed E-state index contributed by atoms with van der Waals surface area (Å²) in [5.41, 5.74) is 3.56. The molecular formula is C37H48FN5O5. The van der Waals surface area contributed by atoms with Crippen LogP contribution >= 0.6 is 0 Å². The van der Waals surface area contributed by atoms with Crippen molar-refractivity contribution in [1.29, 1.82) is 0 Å². The Morgan fingerprint density at radius 2 is 1.67 bits per heavy atom. The van der Waals surface area contributed by atoms with Gasteiger partial charge in [0.15, 0.2) is 11.5 Å². The third-order valence-electron chi connectivity index (χ3n) is 9.06. The minimum atomic E-state index is -0.278. The predicted molar refractivity (Wildman–Crippen MR) is 186 cm³/mol. The van der Waals surface area contributed by atoms with E-state index in [2.05, 4.69) is 32.6 Å². The summed E-state index contributed by atoms with van der Waals surface area (Å²) in [6.07, 6.45) is 1.82. The van der Waals surface area contributed by atoms with Gasteiger partial charge in [-0.15, -0.1) is 0 Å². The van der Waals surface area contributed by atoms with Crippen LogP contribution in [0.1, 0.15) is 41.6 Å². The topological polar surface area (TPSA) is 81.5 Å². The minimum Gasteiger partial charge on any atom is -0.493 e. The smallest absolute Gasteiger partial charge is 0.253 e. The molecule has 3 aromatic carbocycles. The molecule has 1 aliphatic rings. The molecule has 1 saturated heterocycles. The maximum atomic E-state index is 13.9. The van der Waals surface area contributed by atoms with Crippen LogP contribution in [0.15, 0.2) is 60.7 Å². The number of ether oxygens (including phenoxy) is 4. The first kappa shape index (κ1) is 35.0. The molecule has 2 heterocycles. The first-order valence-electron chi connectivity index (χ1n) is 16.7. The number of amides is 1. The van der Waals surface area contributed by atoms with Crippen molar-refractivity contribution in [3.63, 3.8) is 0 Å². The molecule has 48 heavy (non-hydrogen) atoms. The van der Waals surface area contributed by atoms with E-state index in [4.69, 9.17) is 23.9 Å². The highest BCUT2D eigenvalue weighted by Crippen LogP contribution is 2.38. The molecule has 1 aromatic heterocycles. The number of likely N-dealkylation sites (N-methyl/N-ethyl adjacent to an activating group) is 1. The quantitative estimate of drug-likeness (QED) is 0.150. The number of fused-ring (bicyclic) bond motifs is 1. The number of benzene rings is 3. The van der Waals surface area contributed by atoms with E-state index in [1.54, 1.807) is 24.1 Å². The Bertz CT molecular complexity index is 1620. The summed E-state index contributed by atoms with van der Waals surface area (Å²) in [6, 6.07) is 18.3. The van der Waals surface area contributed by atoms with Crippen LogP contribution in [0.4, 0.5) is 10.3 Å². The number of anilines is 1. The van der Waals surface area contributed by atoms with Crippen molar-refractivity contribution in [3.8, 4) is 17.2 Å². The summed E-state index contributed by atoms with van der Waals surface area (Å²) in [5, 5.41) is 0. The highest BCUT2D eigenvalue weighted by molar-refractivity contribution is 5.95. The van der Waals surface area contributed by atoms with Gasteiger partial charge in [-0.25, -0.2) is 9.37 Å². The van der Waals surface area contributed by atoms with Crippen molar-refractivity contribution in [3.05, 3.63) is 77.6 Å². The number of nitrogens with zero attached hydrogens (tertiary/aromatic N) is 5. The zero-order chi connectivity index (χ0) is 34.0. The second-order valence-corrected chi connectivity index (χ2v) is 12.1. The van der Waals surface area contributed by atoms with Gasteiger partial charge >= 0.3 is 0 Å². The molecule has 1 amide bonds. The number of imidazole rings is 1. The van der Waals surface area contributed by atoms with Gasteiger partial charge in [0, 0.05) is 57.9 Å². The Morgan fingerprint density at radius 3 is 2.35 bits per heavy atom. The molecule has 4 aromatic rings. The van der Waals surface area contributed by atoms with Crippen molar-refractivity contribution in [1.82, 2.24) is 19.4 Å². The molecule has 0 spiro atoms. The van der Waals surface area contributed by atoms with Gasteiger partial charge in [0.05, 0.1) is 39.0 Å². The molecule has 1 atom stereocenters. The lowest BCUT2D eigenvalue weighted by molar-refractivity contribution is 0.0782. The van der Waals surface area contributed by atoms with Gasteiger partial charge in [-0.3, -0.25) is 4.79 Å². The van der Waals surface area contributed by atoms with Crippen molar-refractivity contribution < 1.29 is 28.1 Å². The number of carbonyl (C=O) groups is 1. The van der Waals surface area contributed by atoms with Crippen LogP contribution in [0.5, 0.6) is 17.2 Å². The molecule has 1 unspecified atom stereocenters. The summed E-state index contributed by atoms with van der Waals surface area (Å²) >= 11 is 0. The third-order valence-corrected chi connectivity index (χ3v) is 9.06. The van der Waals surface area contributed by atoms with Crippen molar-refractivity contribution in [2.45, 2.75) is 32.2 Å². The van der Waals surface area contributed by atoms with E-state index >= 15 is 0 Å². The Morgan fingerprint density at radius 1 is 0.938 bits per heavy atom. The molecule has 11 heteroatoms. The summed E-state index contributed by atoms with van der Waals surface area (Å²) < 4.78 is 38.3. The SMILES string of the molecule is CCOCCn1c(N2CCCN(CCC(CN(C)C(=O)c3cc(OC)c(OC)c(OC)c3)c3ccc(F)cc3)CC2)nc2ccccc21. The number of rotatable bonds is 15. The largest absolute Gasteiger partial charge is 0.493 e. The molecule has 5 rings (SSSR count). The van der Waals surface area contributed by atoms with Crippen molar-refractivity contribution in [2.75, 3.05) is 85.8 Å². The van der Waals surface area contributed by atoms with E-state index in [0.717, 1.165) is 74.7 Å². The molecule has 0 bridgehead atoms. The van der Waals surface area contributed by atoms with Gasteiger partial charge in [-0.2, -0.15) is 0 Å². The summed E-state index contributed by atoms with van der Waals surface area (Å²) in [6.45, 7) is 9.05. The number of hydrogen-bond donors (Lipinski definition) is 0. The van der Waals surface area contributed by atoms with Crippen molar-refractivity contribution in [2.24, 2.45) is 0 Å². The monoisotopic (exact) mass is 661 g/mol. The van der Waals surface area contributed by atoms with Crippen molar-refractivity contribution >= 4 is 22.9 Å². The molecule has 0 radical (unpaired) electrons. The molecule has 1 fully saturated rings. The van der Waals surface area contributed by atoms with Gasteiger partial charge in [-0.1, -0.05) is 24.3 Å². The molecule has 1 aliphatic heterocycles. The molecular weight excluding hydrogens is 613 g/mol. The fourth-order valence-electron chi connectivity index (χ4n) is 6.49. The first-order valence-corrected chi connectivity index (χ1v) is 16.7. The highest BCUT2D eigenvalue weighted by Gasteiger charge is 2.25. The van der Waals surface area contributed by atoms with E-state index in [9.17, 15) is 9.18 Å². The normalized spacial score (nSPS) is 14.5. The van der Waals surface area contributed by atoms with E-state index in [1.807, 2.05) is 25.1 Å². The third kappa shape index (κ3) is 8.19. The summed E-state index contributed by atoms with van der Waals surface area (Å²) in [7, 11) is 6.38. The van der Waals surface area contributed by atoms with Crippen LogP contribution in [0, 0.1) is 5.82 Å². The number of aromatic nitrogens is 2. The number of halogens is 1. The van der Waals surface area contributed by atoms with Crippen LogP contribution in [-0.2, 0) is 11.3 Å². The van der Waals surface area contributed by atoms with Crippen LogP contribution in [-0.4, -0.2) is 106 Å². The molecule has 0 N–H and O–H groups in total. The molecule has 10 nitrogen and oxygen atoms in total. The minimum absolute atomic E-state index is 0.00343. The zero-order valence-corrected chi connectivity index (χ0v) is 28.8. The Hall–Kier alpha value is -4.35. The summed E-state index contributed by atoms with van der Waals surface area (Å²) in [5.74, 6) is 1.82. The standard InChI is InChI=1S/C37H48FN5O5/c1-6-48-23-22-43-32-11-8-7-10-31(32)39-37(43)42-18-9-17-41(20-21-42)19-16-28(27-12-14-30(38)15-13-27)26-40(2)36(44)29-24-33(45-3)35(47-5)34(25-29)46-4/h7-8,10-15,24-25,28H,6,9,16-23,26H2,1-5H3. The highest BCUT2D eigenvalue weighted by atomic mass is 19.1. The van der Waals surface area contributed by atoms with Gasteiger partial charge in [-0.05, 0) is 74.8 Å². The maximum absolute atomic E-state index is 13.9. The number of methoxy groups -OCH3 is 3. The van der Waals surface area contributed by atoms with Gasteiger partial charge < -0.3 is 38.2 Å². The first-order chi connectivity index (χ1) is 23.4.